The van der Waals surface area contributed by atoms with Crippen molar-refractivity contribution in [2.24, 2.45) is 0 Å². The fourth-order valence-corrected chi connectivity index (χ4v) is 3.37. The molecule has 0 aliphatic carbocycles. The van der Waals surface area contributed by atoms with Gasteiger partial charge in [-0.25, -0.2) is 4.79 Å². The van der Waals surface area contributed by atoms with Crippen LogP contribution in [0.1, 0.15) is 32.1 Å². The third kappa shape index (κ3) is 3.80. The Bertz CT molecular complexity index is 597. The summed E-state index contributed by atoms with van der Waals surface area (Å²) in [7, 11) is 1.61. The molecule has 0 saturated carbocycles. The second-order valence-electron chi connectivity index (χ2n) is 6.46. The van der Waals surface area contributed by atoms with E-state index in [-0.39, 0.29) is 18.0 Å². The number of hydrogen-bond acceptors (Lipinski definition) is 3. The minimum atomic E-state index is -0.139. The summed E-state index contributed by atoms with van der Waals surface area (Å²) in [4.78, 5) is 28.3. The van der Waals surface area contributed by atoms with Gasteiger partial charge in [0.2, 0.25) is 5.91 Å². The number of carbonyl (C=O) groups is 2. The highest BCUT2D eigenvalue weighted by Gasteiger charge is 2.32. The Kier molecular flexibility index (Phi) is 5.23. The number of anilines is 1. The van der Waals surface area contributed by atoms with E-state index in [0.717, 1.165) is 37.4 Å². The third-order valence-electron chi connectivity index (χ3n) is 4.71. The van der Waals surface area contributed by atoms with Gasteiger partial charge in [-0.15, -0.1) is 0 Å². The van der Waals surface area contributed by atoms with Crippen LogP contribution in [0.3, 0.4) is 0 Å². The summed E-state index contributed by atoms with van der Waals surface area (Å²) in [5.41, 5.74) is 0.811. The minimum Gasteiger partial charge on any atom is -0.497 e. The molecular weight excluding hydrogens is 306 g/mol. The zero-order chi connectivity index (χ0) is 16.9. The van der Waals surface area contributed by atoms with Gasteiger partial charge in [0.15, 0.2) is 0 Å². The molecule has 0 radical (unpaired) electrons. The molecule has 0 spiro atoms. The Hall–Kier alpha value is -2.24. The van der Waals surface area contributed by atoms with E-state index in [4.69, 9.17) is 4.74 Å². The van der Waals surface area contributed by atoms with E-state index in [0.29, 0.717) is 13.0 Å². The number of nitrogens with one attached hydrogen (secondary N) is 1. The number of amides is 3. The Morgan fingerprint density at radius 3 is 2.67 bits per heavy atom. The summed E-state index contributed by atoms with van der Waals surface area (Å²) >= 11 is 0. The van der Waals surface area contributed by atoms with Crippen LogP contribution in [0.15, 0.2) is 24.3 Å². The first kappa shape index (κ1) is 16.6. The lowest BCUT2D eigenvalue weighted by atomic mass is 10.2. The number of methoxy groups -OCH3 is 1. The van der Waals surface area contributed by atoms with E-state index in [1.54, 1.807) is 12.0 Å². The van der Waals surface area contributed by atoms with Crippen molar-refractivity contribution in [1.29, 1.82) is 0 Å². The van der Waals surface area contributed by atoms with Crippen LogP contribution in [0.25, 0.3) is 0 Å². The topological polar surface area (TPSA) is 61.9 Å². The fraction of sp³-hybridized carbons (Fsp3) is 0.556. The molecule has 3 rings (SSSR count). The van der Waals surface area contributed by atoms with Gasteiger partial charge in [-0.05, 0) is 25.0 Å². The molecule has 1 atom stereocenters. The maximum Gasteiger partial charge on any atom is 0.317 e. The standard InChI is InChI=1S/C18H25N3O3/c1-24-16-8-6-7-15(12-16)21-13-14(11-17(21)22)19-18(23)20-9-4-2-3-5-10-20/h6-8,12,14H,2-5,9-11,13H2,1H3,(H,19,23)/t14-/m1/s1. The number of nitrogens with zero attached hydrogens (tertiary/aromatic N) is 2. The molecule has 1 aromatic rings. The molecular formula is C18H25N3O3. The van der Waals surface area contributed by atoms with Gasteiger partial charge in [0, 0.05) is 37.8 Å². The van der Waals surface area contributed by atoms with Crippen LogP contribution in [0.5, 0.6) is 5.75 Å². The van der Waals surface area contributed by atoms with Gasteiger partial charge in [0.1, 0.15) is 5.75 Å². The number of carbonyl (C=O) groups excluding carboxylic acids is 2. The van der Waals surface area contributed by atoms with E-state index in [9.17, 15) is 9.59 Å². The SMILES string of the molecule is COc1cccc(N2C[C@H](NC(=O)N3CCCCCC3)CC2=O)c1. The Morgan fingerprint density at radius 2 is 1.96 bits per heavy atom. The summed E-state index contributed by atoms with van der Waals surface area (Å²) < 4.78 is 5.22. The van der Waals surface area contributed by atoms with E-state index >= 15 is 0 Å². The molecule has 130 valence electrons. The molecule has 6 nitrogen and oxygen atoms in total. The van der Waals surface area contributed by atoms with Crippen molar-refractivity contribution in [3.63, 3.8) is 0 Å². The maximum atomic E-state index is 12.4. The summed E-state index contributed by atoms with van der Waals surface area (Å²) in [6.07, 6.45) is 4.85. The van der Waals surface area contributed by atoms with Gasteiger partial charge in [-0.2, -0.15) is 0 Å². The zero-order valence-corrected chi connectivity index (χ0v) is 14.2. The average Bonchev–Trinajstić information content (AvgIpc) is 2.80. The van der Waals surface area contributed by atoms with E-state index in [2.05, 4.69) is 5.32 Å². The quantitative estimate of drug-likeness (QED) is 0.925. The fourth-order valence-electron chi connectivity index (χ4n) is 3.37. The molecule has 2 aliphatic heterocycles. The smallest absolute Gasteiger partial charge is 0.317 e. The second-order valence-corrected chi connectivity index (χ2v) is 6.46. The van der Waals surface area contributed by atoms with Gasteiger partial charge < -0.3 is 19.9 Å². The van der Waals surface area contributed by atoms with Crippen LogP contribution in [-0.2, 0) is 4.79 Å². The summed E-state index contributed by atoms with van der Waals surface area (Å²) in [5, 5.41) is 3.03. The molecule has 0 bridgehead atoms. The van der Waals surface area contributed by atoms with Gasteiger partial charge in [-0.3, -0.25) is 4.79 Å². The predicted molar refractivity (Wildman–Crippen MR) is 92.3 cm³/mol. The number of likely N-dealkylation sites (tertiary alicyclic amines) is 1. The first-order valence-corrected chi connectivity index (χ1v) is 8.67. The molecule has 0 aromatic heterocycles. The molecule has 2 saturated heterocycles. The third-order valence-corrected chi connectivity index (χ3v) is 4.71. The highest BCUT2D eigenvalue weighted by molar-refractivity contribution is 5.97. The van der Waals surface area contributed by atoms with Crippen molar-refractivity contribution in [2.45, 2.75) is 38.1 Å². The zero-order valence-electron chi connectivity index (χ0n) is 14.2. The normalized spacial score (nSPS) is 21.5. The monoisotopic (exact) mass is 331 g/mol. The van der Waals surface area contributed by atoms with Crippen LogP contribution in [-0.4, -0.2) is 49.6 Å². The number of rotatable bonds is 3. The number of urea groups is 1. The minimum absolute atomic E-state index is 0.0319. The largest absolute Gasteiger partial charge is 0.497 e. The van der Waals surface area contributed by atoms with Gasteiger partial charge in [0.25, 0.3) is 0 Å². The van der Waals surface area contributed by atoms with Crippen molar-refractivity contribution >= 4 is 17.6 Å². The Morgan fingerprint density at radius 1 is 1.21 bits per heavy atom. The molecule has 0 unspecified atom stereocenters. The first-order chi connectivity index (χ1) is 11.7. The first-order valence-electron chi connectivity index (χ1n) is 8.67. The number of benzene rings is 1. The molecule has 1 aromatic carbocycles. The van der Waals surface area contributed by atoms with Crippen LogP contribution in [0.4, 0.5) is 10.5 Å². The average molecular weight is 331 g/mol. The van der Waals surface area contributed by atoms with Crippen molar-refractivity contribution in [3.8, 4) is 5.75 Å². The van der Waals surface area contributed by atoms with E-state index in [1.807, 2.05) is 29.2 Å². The highest BCUT2D eigenvalue weighted by atomic mass is 16.5. The van der Waals surface area contributed by atoms with Crippen LogP contribution in [0.2, 0.25) is 0 Å². The van der Waals surface area contributed by atoms with Crippen LogP contribution >= 0.6 is 0 Å². The maximum absolute atomic E-state index is 12.4. The lowest BCUT2D eigenvalue weighted by molar-refractivity contribution is -0.117. The van der Waals surface area contributed by atoms with Gasteiger partial charge >= 0.3 is 6.03 Å². The molecule has 2 heterocycles. The van der Waals surface area contributed by atoms with Crippen molar-refractivity contribution < 1.29 is 14.3 Å². The highest BCUT2D eigenvalue weighted by Crippen LogP contribution is 2.25. The molecule has 2 fully saturated rings. The summed E-state index contributed by atoms with van der Waals surface area (Å²) in [6.45, 7) is 2.13. The van der Waals surface area contributed by atoms with E-state index in [1.165, 1.54) is 12.8 Å². The van der Waals surface area contributed by atoms with Gasteiger partial charge in [-0.1, -0.05) is 18.9 Å². The van der Waals surface area contributed by atoms with Crippen molar-refractivity contribution in [1.82, 2.24) is 10.2 Å². The van der Waals surface area contributed by atoms with Gasteiger partial charge in [0.05, 0.1) is 13.2 Å². The Balaban J connectivity index is 1.60. The number of ether oxygens (including phenoxy) is 1. The van der Waals surface area contributed by atoms with Crippen molar-refractivity contribution in [3.05, 3.63) is 24.3 Å². The Labute approximate surface area is 142 Å². The molecule has 2 aliphatic rings. The molecule has 1 N–H and O–H groups in total. The molecule has 3 amide bonds. The van der Waals surface area contributed by atoms with Crippen molar-refractivity contribution in [2.75, 3.05) is 31.6 Å². The summed E-state index contributed by atoms with van der Waals surface area (Å²) in [5.74, 6) is 0.752. The summed E-state index contributed by atoms with van der Waals surface area (Å²) in [6, 6.07) is 7.27. The van der Waals surface area contributed by atoms with E-state index < -0.39 is 0 Å². The predicted octanol–water partition coefficient (Wildman–Crippen LogP) is 2.39. The lowest BCUT2D eigenvalue weighted by Crippen LogP contribution is -2.46. The van der Waals surface area contributed by atoms with Crippen LogP contribution < -0.4 is 15.0 Å². The van der Waals surface area contributed by atoms with Crippen LogP contribution in [0, 0.1) is 0 Å². The molecule has 6 heteroatoms. The molecule has 24 heavy (non-hydrogen) atoms. The number of hydrogen-bond donors (Lipinski definition) is 1. The lowest BCUT2D eigenvalue weighted by Gasteiger charge is -2.23. The second kappa shape index (κ2) is 7.55.